The van der Waals surface area contributed by atoms with E-state index in [-0.39, 0.29) is 0 Å². The van der Waals surface area contributed by atoms with Crippen molar-refractivity contribution in [1.29, 1.82) is 0 Å². The summed E-state index contributed by atoms with van der Waals surface area (Å²) in [5.41, 5.74) is 1.12. The Morgan fingerprint density at radius 1 is 1.44 bits per heavy atom. The molecular weight excluding hydrogens is 200 g/mol. The Kier molecular flexibility index (Phi) is 4.31. The van der Waals surface area contributed by atoms with Gasteiger partial charge in [-0.2, -0.15) is 0 Å². The first-order valence-corrected chi connectivity index (χ1v) is 6.08. The van der Waals surface area contributed by atoms with Gasteiger partial charge in [-0.1, -0.05) is 6.07 Å². The van der Waals surface area contributed by atoms with Crippen molar-refractivity contribution in [2.45, 2.75) is 25.8 Å². The van der Waals surface area contributed by atoms with Crippen molar-refractivity contribution >= 4 is 0 Å². The van der Waals surface area contributed by atoms with Gasteiger partial charge in [0, 0.05) is 25.5 Å². The van der Waals surface area contributed by atoms with Crippen molar-refractivity contribution in [1.82, 2.24) is 10.3 Å². The molecule has 3 nitrogen and oxygen atoms in total. The van der Waals surface area contributed by atoms with Crippen LogP contribution in [0.1, 0.15) is 31.5 Å². The number of aromatic nitrogens is 1. The Labute approximate surface area is 97.2 Å². The van der Waals surface area contributed by atoms with Crippen LogP contribution in [0.4, 0.5) is 0 Å². The van der Waals surface area contributed by atoms with E-state index in [1.807, 2.05) is 18.3 Å². The Balaban J connectivity index is 1.77. The Bertz CT molecular complexity index is 296. The van der Waals surface area contributed by atoms with E-state index >= 15 is 0 Å². The van der Waals surface area contributed by atoms with Gasteiger partial charge in [0.05, 0.1) is 5.69 Å². The van der Waals surface area contributed by atoms with Crippen molar-refractivity contribution in [3.05, 3.63) is 30.1 Å². The number of nitrogens with zero attached hydrogens (tertiary/aromatic N) is 1. The molecule has 1 atom stereocenters. The van der Waals surface area contributed by atoms with E-state index in [0.717, 1.165) is 31.4 Å². The number of nitrogens with one attached hydrogen (secondary N) is 1. The van der Waals surface area contributed by atoms with Gasteiger partial charge in [0.1, 0.15) is 0 Å². The Hall–Kier alpha value is -0.930. The molecule has 2 rings (SSSR count). The predicted octanol–water partition coefficient (Wildman–Crippen LogP) is 2.16. The summed E-state index contributed by atoms with van der Waals surface area (Å²) in [4.78, 5) is 4.36. The van der Waals surface area contributed by atoms with Gasteiger partial charge in [-0.05, 0) is 44.4 Å². The van der Waals surface area contributed by atoms with Crippen LogP contribution in [0.3, 0.4) is 0 Å². The van der Waals surface area contributed by atoms with Gasteiger partial charge in [0.15, 0.2) is 0 Å². The third-order valence-electron chi connectivity index (χ3n) is 3.19. The highest BCUT2D eigenvalue weighted by Gasteiger charge is 2.15. The third-order valence-corrected chi connectivity index (χ3v) is 3.19. The summed E-state index contributed by atoms with van der Waals surface area (Å²) in [6.07, 6.45) is 4.21. The molecule has 16 heavy (non-hydrogen) atoms. The monoisotopic (exact) mass is 220 g/mol. The molecule has 0 unspecified atom stereocenters. The molecule has 1 N–H and O–H groups in total. The van der Waals surface area contributed by atoms with Gasteiger partial charge < -0.3 is 10.1 Å². The quantitative estimate of drug-likeness (QED) is 0.844. The van der Waals surface area contributed by atoms with Gasteiger partial charge in [0.25, 0.3) is 0 Å². The molecule has 0 saturated carbocycles. The summed E-state index contributed by atoms with van der Waals surface area (Å²) in [5.74, 6) is 0.764. The lowest BCUT2D eigenvalue weighted by Gasteiger charge is -2.24. The SMILES string of the molecule is C[C@H](NCC1CCOCC1)c1ccccn1. The maximum absolute atomic E-state index is 5.35. The van der Waals surface area contributed by atoms with Crippen LogP contribution in [0.15, 0.2) is 24.4 Å². The van der Waals surface area contributed by atoms with E-state index in [0.29, 0.717) is 6.04 Å². The topological polar surface area (TPSA) is 34.1 Å². The lowest BCUT2D eigenvalue weighted by atomic mass is 10.00. The molecule has 0 aliphatic carbocycles. The largest absolute Gasteiger partial charge is 0.381 e. The first-order chi connectivity index (χ1) is 7.86. The van der Waals surface area contributed by atoms with Crippen molar-refractivity contribution < 1.29 is 4.74 Å². The molecule has 0 bridgehead atoms. The van der Waals surface area contributed by atoms with Gasteiger partial charge in [-0.25, -0.2) is 0 Å². The zero-order chi connectivity index (χ0) is 11.2. The Morgan fingerprint density at radius 3 is 2.94 bits per heavy atom. The predicted molar refractivity (Wildman–Crippen MR) is 64.2 cm³/mol. The van der Waals surface area contributed by atoms with Crippen LogP contribution in [-0.2, 0) is 4.74 Å². The van der Waals surface area contributed by atoms with Gasteiger partial charge >= 0.3 is 0 Å². The molecule has 0 aromatic carbocycles. The van der Waals surface area contributed by atoms with E-state index < -0.39 is 0 Å². The van der Waals surface area contributed by atoms with Crippen LogP contribution < -0.4 is 5.32 Å². The first kappa shape index (κ1) is 11.6. The number of hydrogen-bond acceptors (Lipinski definition) is 3. The molecule has 1 saturated heterocycles. The summed E-state index contributed by atoms with van der Waals surface area (Å²) < 4.78 is 5.35. The van der Waals surface area contributed by atoms with Crippen LogP contribution in [0.5, 0.6) is 0 Å². The van der Waals surface area contributed by atoms with Crippen molar-refractivity contribution in [3.8, 4) is 0 Å². The molecule has 1 aliphatic heterocycles. The molecular formula is C13H20N2O. The maximum Gasteiger partial charge on any atom is 0.0570 e. The molecule has 88 valence electrons. The molecule has 1 aliphatic rings. The second kappa shape index (κ2) is 5.97. The average molecular weight is 220 g/mol. The summed E-state index contributed by atoms with van der Waals surface area (Å²) in [6.45, 7) is 5.08. The molecule has 1 aromatic heterocycles. The number of rotatable bonds is 4. The summed E-state index contributed by atoms with van der Waals surface area (Å²) in [5, 5.41) is 3.55. The lowest BCUT2D eigenvalue weighted by Crippen LogP contribution is -2.29. The van der Waals surface area contributed by atoms with Crippen LogP contribution in [0, 0.1) is 5.92 Å². The first-order valence-electron chi connectivity index (χ1n) is 6.08. The van der Waals surface area contributed by atoms with E-state index in [1.54, 1.807) is 0 Å². The van der Waals surface area contributed by atoms with Crippen molar-refractivity contribution in [2.75, 3.05) is 19.8 Å². The average Bonchev–Trinajstić information content (AvgIpc) is 2.38. The van der Waals surface area contributed by atoms with Crippen LogP contribution in [0.2, 0.25) is 0 Å². The maximum atomic E-state index is 5.35. The summed E-state index contributed by atoms with van der Waals surface area (Å²) >= 11 is 0. The minimum absolute atomic E-state index is 0.337. The molecule has 3 heteroatoms. The van der Waals surface area contributed by atoms with E-state index in [9.17, 15) is 0 Å². The molecule has 1 aromatic rings. The highest BCUT2D eigenvalue weighted by molar-refractivity contribution is 5.07. The number of ether oxygens (including phenoxy) is 1. The fraction of sp³-hybridized carbons (Fsp3) is 0.615. The fourth-order valence-corrected chi connectivity index (χ4v) is 2.03. The lowest BCUT2D eigenvalue weighted by molar-refractivity contribution is 0.0656. The number of pyridine rings is 1. The second-order valence-electron chi connectivity index (χ2n) is 4.44. The van der Waals surface area contributed by atoms with Crippen LogP contribution in [0.25, 0.3) is 0 Å². The summed E-state index contributed by atoms with van der Waals surface area (Å²) in [6, 6.07) is 6.40. The van der Waals surface area contributed by atoms with Crippen LogP contribution >= 0.6 is 0 Å². The third kappa shape index (κ3) is 3.29. The highest BCUT2D eigenvalue weighted by Crippen LogP contribution is 2.15. The molecule has 0 amide bonds. The molecule has 0 spiro atoms. The van der Waals surface area contributed by atoms with Crippen LogP contribution in [-0.4, -0.2) is 24.7 Å². The fourth-order valence-electron chi connectivity index (χ4n) is 2.03. The second-order valence-corrected chi connectivity index (χ2v) is 4.44. The zero-order valence-corrected chi connectivity index (χ0v) is 9.86. The van der Waals surface area contributed by atoms with Crippen molar-refractivity contribution in [3.63, 3.8) is 0 Å². The molecule has 2 heterocycles. The smallest absolute Gasteiger partial charge is 0.0570 e. The minimum atomic E-state index is 0.337. The normalized spacial score (nSPS) is 19.6. The Morgan fingerprint density at radius 2 is 2.25 bits per heavy atom. The minimum Gasteiger partial charge on any atom is -0.381 e. The molecule has 0 radical (unpaired) electrons. The van der Waals surface area contributed by atoms with Gasteiger partial charge in [-0.15, -0.1) is 0 Å². The van der Waals surface area contributed by atoms with Gasteiger partial charge in [0.2, 0.25) is 0 Å². The standard InChI is InChI=1S/C13H20N2O/c1-11(13-4-2-3-7-14-13)15-10-12-5-8-16-9-6-12/h2-4,7,11-12,15H,5-6,8-10H2,1H3/t11-/m0/s1. The highest BCUT2D eigenvalue weighted by atomic mass is 16.5. The summed E-state index contributed by atoms with van der Waals surface area (Å²) in [7, 11) is 0. The molecule has 1 fully saturated rings. The van der Waals surface area contributed by atoms with E-state index in [4.69, 9.17) is 4.74 Å². The number of hydrogen-bond donors (Lipinski definition) is 1. The van der Waals surface area contributed by atoms with Crippen molar-refractivity contribution in [2.24, 2.45) is 5.92 Å². The zero-order valence-electron chi connectivity index (χ0n) is 9.86. The van der Waals surface area contributed by atoms with E-state index in [1.165, 1.54) is 12.8 Å². The van der Waals surface area contributed by atoms with Gasteiger partial charge in [-0.3, -0.25) is 4.98 Å². The van der Waals surface area contributed by atoms with E-state index in [2.05, 4.69) is 23.3 Å².